The fourth-order valence-corrected chi connectivity index (χ4v) is 3.09. The van der Waals surface area contributed by atoms with E-state index in [4.69, 9.17) is 0 Å². The molecule has 0 radical (unpaired) electrons. The van der Waals surface area contributed by atoms with Gasteiger partial charge in [-0.15, -0.1) is 6.58 Å². The molecule has 2 aromatic rings. The molecule has 0 unspecified atom stereocenters. The average molecular weight is 331 g/mol. The number of nitrogens with zero attached hydrogens (tertiary/aromatic N) is 2. The zero-order valence-corrected chi connectivity index (χ0v) is 13.3. The molecule has 0 saturated carbocycles. The third kappa shape index (κ3) is 3.37. The van der Waals surface area contributed by atoms with Crippen LogP contribution in [0, 0.1) is 11.6 Å². The van der Waals surface area contributed by atoms with E-state index >= 15 is 0 Å². The minimum atomic E-state index is -0.640. The lowest BCUT2D eigenvalue weighted by Gasteiger charge is -2.24. The number of carbonyl (C=O) groups is 1. The van der Waals surface area contributed by atoms with Crippen molar-refractivity contribution in [2.45, 2.75) is 38.1 Å². The summed E-state index contributed by atoms with van der Waals surface area (Å²) in [7, 11) is 0. The smallest absolute Gasteiger partial charge is 0.220 e. The van der Waals surface area contributed by atoms with Gasteiger partial charge in [-0.2, -0.15) is 5.10 Å². The lowest BCUT2D eigenvalue weighted by molar-refractivity contribution is -0.121. The SMILES string of the molecule is C=CCCC(=O)N[C@@H]1CCCc2c1cnn2-c1cc(F)cc(F)c1. The summed E-state index contributed by atoms with van der Waals surface area (Å²) in [5.41, 5.74) is 2.16. The first-order valence-corrected chi connectivity index (χ1v) is 8.02. The minimum Gasteiger partial charge on any atom is -0.349 e. The lowest BCUT2D eigenvalue weighted by Crippen LogP contribution is -2.30. The van der Waals surface area contributed by atoms with Gasteiger partial charge in [-0.3, -0.25) is 4.79 Å². The van der Waals surface area contributed by atoms with Crippen LogP contribution < -0.4 is 5.32 Å². The van der Waals surface area contributed by atoms with Crippen LogP contribution in [0.3, 0.4) is 0 Å². The van der Waals surface area contributed by atoms with E-state index in [1.165, 1.54) is 12.1 Å². The van der Waals surface area contributed by atoms with Crippen molar-refractivity contribution in [3.8, 4) is 5.69 Å². The van der Waals surface area contributed by atoms with Crippen LogP contribution in [0.25, 0.3) is 5.69 Å². The molecule has 6 heteroatoms. The highest BCUT2D eigenvalue weighted by atomic mass is 19.1. The van der Waals surface area contributed by atoms with Crippen LogP contribution in [0.1, 0.15) is 43.0 Å². The Bertz CT molecular complexity index is 749. The maximum atomic E-state index is 13.5. The molecule has 0 spiro atoms. The molecule has 0 bridgehead atoms. The molecule has 1 N–H and O–H groups in total. The molecule has 0 saturated heterocycles. The molecule has 1 atom stereocenters. The maximum Gasteiger partial charge on any atom is 0.220 e. The minimum absolute atomic E-state index is 0.0303. The van der Waals surface area contributed by atoms with Gasteiger partial charge in [-0.1, -0.05) is 6.08 Å². The van der Waals surface area contributed by atoms with Gasteiger partial charge >= 0.3 is 0 Å². The fourth-order valence-electron chi connectivity index (χ4n) is 3.09. The molecule has 1 amide bonds. The van der Waals surface area contributed by atoms with Crippen LogP contribution in [0.5, 0.6) is 0 Å². The van der Waals surface area contributed by atoms with E-state index < -0.39 is 11.6 Å². The van der Waals surface area contributed by atoms with E-state index in [2.05, 4.69) is 17.0 Å². The summed E-state index contributed by atoms with van der Waals surface area (Å²) in [6.45, 7) is 3.61. The number of amides is 1. The topological polar surface area (TPSA) is 46.9 Å². The molecule has 1 aliphatic rings. The summed E-state index contributed by atoms with van der Waals surface area (Å²) in [5.74, 6) is -1.31. The number of nitrogens with one attached hydrogen (secondary N) is 1. The number of benzene rings is 1. The van der Waals surface area contributed by atoms with Gasteiger partial charge < -0.3 is 5.32 Å². The summed E-state index contributed by atoms with van der Waals surface area (Å²) >= 11 is 0. The van der Waals surface area contributed by atoms with E-state index in [-0.39, 0.29) is 11.9 Å². The zero-order valence-electron chi connectivity index (χ0n) is 13.3. The van der Waals surface area contributed by atoms with Crippen LogP contribution in [-0.4, -0.2) is 15.7 Å². The van der Waals surface area contributed by atoms with Crippen molar-refractivity contribution in [3.05, 3.63) is 59.9 Å². The Hall–Kier alpha value is -2.50. The van der Waals surface area contributed by atoms with E-state index in [0.717, 1.165) is 36.6 Å². The lowest BCUT2D eigenvalue weighted by atomic mass is 9.92. The predicted octanol–water partition coefficient (Wildman–Crippen LogP) is 3.61. The Morgan fingerprint density at radius 3 is 2.83 bits per heavy atom. The molecular formula is C18H19F2N3O. The molecule has 126 valence electrons. The van der Waals surface area contributed by atoms with Gasteiger partial charge in [-0.05, 0) is 37.8 Å². The normalized spacial score (nSPS) is 16.5. The summed E-state index contributed by atoms with van der Waals surface area (Å²) in [6, 6.07) is 3.23. The van der Waals surface area contributed by atoms with Gasteiger partial charge in [0.2, 0.25) is 5.91 Å². The largest absolute Gasteiger partial charge is 0.349 e. The highest BCUT2D eigenvalue weighted by Crippen LogP contribution is 2.31. The number of fused-ring (bicyclic) bond motifs is 1. The van der Waals surface area contributed by atoms with Gasteiger partial charge in [0.15, 0.2) is 0 Å². The van der Waals surface area contributed by atoms with Gasteiger partial charge in [0.25, 0.3) is 0 Å². The Balaban J connectivity index is 1.87. The summed E-state index contributed by atoms with van der Waals surface area (Å²) in [6.07, 6.45) is 6.88. The van der Waals surface area contributed by atoms with Crippen molar-refractivity contribution in [2.24, 2.45) is 0 Å². The highest BCUT2D eigenvalue weighted by Gasteiger charge is 2.26. The third-order valence-corrected chi connectivity index (χ3v) is 4.19. The Morgan fingerprint density at radius 1 is 1.38 bits per heavy atom. The van der Waals surface area contributed by atoms with Crippen molar-refractivity contribution < 1.29 is 13.6 Å². The van der Waals surface area contributed by atoms with Gasteiger partial charge in [0.1, 0.15) is 11.6 Å². The molecule has 0 fully saturated rings. The molecule has 24 heavy (non-hydrogen) atoms. The molecule has 3 rings (SSSR count). The second-order valence-electron chi connectivity index (χ2n) is 5.93. The summed E-state index contributed by atoms with van der Waals surface area (Å²) in [5, 5.41) is 7.30. The first kappa shape index (κ1) is 16.4. The quantitative estimate of drug-likeness (QED) is 0.851. The van der Waals surface area contributed by atoms with Crippen molar-refractivity contribution >= 4 is 5.91 Å². The first-order valence-electron chi connectivity index (χ1n) is 8.02. The highest BCUT2D eigenvalue weighted by molar-refractivity contribution is 5.76. The Kier molecular flexibility index (Phi) is 4.74. The second kappa shape index (κ2) is 6.95. The molecular weight excluding hydrogens is 312 g/mol. The van der Waals surface area contributed by atoms with Crippen LogP contribution in [0.2, 0.25) is 0 Å². The number of rotatable bonds is 5. The van der Waals surface area contributed by atoms with Crippen LogP contribution >= 0.6 is 0 Å². The van der Waals surface area contributed by atoms with Gasteiger partial charge in [0.05, 0.1) is 17.9 Å². The fraction of sp³-hybridized carbons (Fsp3) is 0.333. The Labute approximate surface area is 139 Å². The molecule has 1 aromatic heterocycles. The van der Waals surface area contributed by atoms with Crippen LogP contribution in [0.4, 0.5) is 8.78 Å². The number of halogens is 2. The number of aromatic nitrogens is 2. The van der Waals surface area contributed by atoms with Crippen molar-refractivity contribution in [3.63, 3.8) is 0 Å². The van der Waals surface area contributed by atoms with E-state index in [1.54, 1.807) is 17.0 Å². The molecule has 0 aliphatic heterocycles. The van der Waals surface area contributed by atoms with Gasteiger partial charge in [-0.25, -0.2) is 13.5 Å². The van der Waals surface area contributed by atoms with E-state index in [0.29, 0.717) is 18.5 Å². The van der Waals surface area contributed by atoms with Crippen molar-refractivity contribution in [1.82, 2.24) is 15.1 Å². The standard InChI is InChI=1S/C18H19F2N3O/c1-2-3-7-18(24)22-16-5-4-6-17-15(16)11-21-23(17)14-9-12(19)8-13(20)10-14/h2,8-11,16H,1,3-7H2,(H,22,24)/t16-/m1/s1. The number of allylic oxidation sites excluding steroid dienone is 1. The summed E-state index contributed by atoms with van der Waals surface area (Å²) in [4.78, 5) is 12.0. The zero-order chi connectivity index (χ0) is 17.1. The Morgan fingerprint density at radius 2 is 2.12 bits per heavy atom. The number of carbonyl (C=O) groups excluding carboxylic acids is 1. The van der Waals surface area contributed by atoms with Crippen molar-refractivity contribution in [2.75, 3.05) is 0 Å². The second-order valence-corrected chi connectivity index (χ2v) is 5.93. The third-order valence-electron chi connectivity index (χ3n) is 4.19. The van der Waals surface area contributed by atoms with Crippen LogP contribution in [-0.2, 0) is 11.2 Å². The summed E-state index contributed by atoms with van der Waals surface area (Å²) < 4.78 is 28.5. The maximum absolute atomic E-state index is 13.5. The number of hydrogen-bond donors (Lipinski definition) is 1. The number of hydrogen-bond acceptors (Lipinski definition) is 2. The molecule has 4 nitrogen and oxygen atoms in total. The van der Waals surface area contributed by atoms with Gasteiger partial charge in [0, 0.05) is 23.7 Å². The van der Waals surface area contributed by atoms with E-state index in [9.17, 15) is 13.6 Å². The average Bonchev–Trinajstić information content (AvgIpc) is 2.97. The van der Waals surface area contributed by atoms with E-state index in [1.807, 2.05) is 0 Å². The molecule has 1 aliphatic carbocycles. The predicted molar refractivity (Wildman–Crippen MR) is 86.7 cm³/mol. The van der Waals surface area contributed by atoms with Crippen molar-refractivity contribution in [1.29, 1.82) is 0 Å². The molecule has 1 heterocycles. The monoisotopic (exact) mass is 331 g/mol. The first-order chi connectivity index (χ1) is 11.6. The van der Waals surface area contributed by atoms with Crippen LogP contribution in [0.15, 0.2) is 37.1 Å². The molecule has 1 aromatic carbocycles.